The van der Waals surface area contributed by atoms with Crippen molar-refractivity contribution in [3.05, 3.63) is 107 Å². The third-order valence-corrected chi connectivity index (χ3v) is 8.00. The molecule has 5 aromatic rings. The molecule has 0 fully saturated rings. The number of rotatable bonds is 6. The van der Waals surface area contributed by atoms with Crippen molar-refractivity contribution in [3.63, 3.8) is 0 Å². The lowest BCUT2D eigenvalue weighted by Gasteiger charge is -2.17. The number of hydrogen-bond acceptors (Lipinski definition) is 4. The molecule has 40 heavy (non-hydrogen) atoms. The molecule has 6 nitrogen and oxygen atoms in total. The zero-order valence-electron chi connectivity index (χ0n) is 21.9. The van der Waals surface area contributed by atoms with Crippen LogP contribution in [0, 0.1) is 6.92 Å². The smallest absolute Gasteiger partial charge is 0.251 e. The van der Waals surface area contributed by atoms with Gasteiger partial charge in [-0.15, -0.1) is 11.6 Å². The van der Waals surface area contributed by atoms with Crippen molar-refractivity contribution in [2.24, 2.45) is 0 Å². The molecular weight excluding hydrogens is 522 g/mol. The molecule has 0 spiro atoms. The molecule has 0 aliphatic carbocycles. The molecule has 0 saturated heterocycles. The average molecular weight is 550 g/mol. The summed E-state index contributed by atoms with van der Waals surface area (Å²) in [4.78, 5) is 31.1. The van der Waals surface area contributed by atoms with Crippen LogP contribution in [0.4, 0.5) is 11.4 Å². The fraction of sp³-hybridized carbons (Fsp3) is 0.152. The highest BCUT2D eigenvalue weighted by molar-refractivity contribution is 6.19. The fourth-order valence-electron chi connectivity index (χ4n) is 5.64. The van der Waals surface area contributed by atoms with Gasteiger partial charge in [0, 0.05) is 70.1 Å². The Kier molecular flexibility index (Phi) is 6.56. The van der Waals surface area contributed by atoms with Crippen LogP contribution in [-0.4, -0.2) is 34.2 Å². The Labute approximate surface area is 236 Å². The zero-order valence-corrected chi connectivity index (χ0v) is 22.7. The molecule has 1 amide bonds. The van der Waals surface area contributed by atoms with Crippen LogP contribution in [0.1, 0.15) is 38.7 Å². The number of alkyl halides is 1. The highest BCUT2D eigenvalue weighted by Crippen LogP contribution is 2.46. The molecular formula is C33H28ClN3O3. The summed E-state index contributed by atoms with van der Waals surface area (Å²) in [6.45, 7) is 2.46. The first kappa shape index (κ1) is 25.7. The van der Waals surface area contributed by atoms with Crippen LogP contribution in [0.15, 0.2) is 78.9 Å². The van der Waals surface area contributed by atoms with Crippen molar-refractivity contribution in [1.82, 2.24) is 4.98 Å². The maximum atomic E-state index is 13.4. The Morgan fingerprint density at radius 2 is 1.90 bits per heavy atom. The number of hydrogen-bond donors (Lipinski definition) is 3. The van der Waals surface area contributed by atoms with Gasteiger partial charge in [0.15, 0.2) is 5.78 Å². The summed E-state index contributed by atoms with van der Waals surface area (Å²) in [6.07, 6.45) is 3.57. The quantitative estimate of drug-likeness (QED) is 0.0946. The van der Waals surface area contributed by atoms with Crippen molar-refractivity contribution in [1.29, 1.82) is 0 Å². The molecule has 4 aromatic carbocycles. The number of nitrogens with two attached hydrogens (primary N) is 1. The lowest BCUT2D eigenvalue weighted by Crippen LogP contribution is -2.28. The highest BCUT2D eigenvalue weighted by atomic mass is 35.5. The first-order chi connectivity index (χ1) is 19.3. The van der Waals surface area contributed by atoms with Gasteiger partial charge in [-0.05, 0) is 77.5 Å². The number of amides is 1. The standard InChI is InChI=1S/C33H28ClN3O3/c1-19-3-2-4-26-30(39)16-28-33(32(19)26)23(17-34)18-37(28)31(40)12-10-25-15-22-13-20(5-11-27(22)36-25)14-29(38)21-6-8-24(35)9-7-21/h2-13,15-16,23,36,39H,14,17-18,35H2,1H3/b12-10+/t23-/m1/s1. The molecule has 7 heteroatoms. The zero-order chi connectivity index (χ0) is 28.0. The van der Waals surface area contributed by atoms with E-state index in [2.05, 4.69) is 4.98 Å². The van der Waals surface area contributed by atoms with Gasteiger partial charge >= 0.3 is 0 Å². The Morgan fingerprint density at radius 3 is 2.67 bits per heavy atom. The molecule has 1 aromatic heterocycles. The maximum absolute atomic E-state index is 13.4. The maximum Gasteiger partial charge on any atom is 0.251 e. The summed E-state index contributed by atoms with van der Waals surface area (Å²) >= 11 is 6.35. The third kappa shape index (κ3) is 4.61. The first-order valence-electron chi connectivity index (χ1n) is 13.1. The van der Waals surface area contributed by atoms with Gasteiger partial charge in [0.25, 0.3) is 5.91 Å². The van der Waals surface area contributed by atoms with Crippen molar-refractivity contribution < 1.29 is 14.7 Å². The summed E-state index contributed by atoms with van der Waals surface area (Å²) in [5.41, 5.74) is 12.3. The number of phenolic OH excluding ortho intramolecular Hbond substituents is 1. The normalized spacial score (nSPS) is 14.8. The number of nitrogens with zero attached hydrogens (tertiary/aromatic N) is 1. The molecule has 1 aliphatic rings. The SMILES string of the molecule is Cc1cccc2c(O)cc3c(c12)[C@H](CCl)CN3C(=O)/C=C/c1cc2cc(CC(=O)c3ccc(N)cc3)ccc2[nH]1. The molecule has 200 valence electrons. The number of benzene rings is 4. The summed E-state index contributed by atoms with van der Waals surface area (Å²) in [7, 11) is 0. The van der Waals surface area contributed by atoms with E-state index in [4.69, 9.17) is 17.3 Å². The van der Waals surface area contributed by atoms with Crippen LogP contribution in [0.5, 0.6) is 5.75 Å². The molecule has 0 bridgehead atoms. The molecule has 0 unspecified atom stereocenters. The van der Waals surface area contributed by atoms with Gasteiger partial charge in [0.1, 0.15) is 5.75 Å². The molecule has 4 N–H and O–H groups in total. The minimum atomic E-state index is -0.186. The van der Waals surface area contributed by atoms with Gasteiger partial charge in [0.05, 0.1) is 5.69 Å². The van der Waals surface area contributed by atoms with Crippen LogP contribution < -0.4 is 10.6 Å². The summed E-state index contributed by atoms with van der Waals surface area (Å²) in [5.74, 6) is 0.335. The number of carbonyl (C=O) groups excluding carboxylic acids is 2. The lowest BCUT2D eigenvalue weighted by molar-refractivity contribution is -0.114. The number of nitrogen functional groups attached to an aromatic ring is 1. The molecule has 1 atom stereocenters. The van der Waals surface area contributed by atoms with Gasteiger partial charge in [-0.2, -0.15) is 0 Å². The predicted octanol–water partition coefficient (Wildman–Crippen LogP) is 6.73. The van der Waals surface area contributed by atoms with Crippen molar-refractivity contribution >= 4 is 62.4 Å². The van der Waals surface area contributed by atoms with Crippen LogP contribution in [-0.2, 0) is 11.2 Å². The second-order valence-corrected chi connectivity index (χ2v) is 10.6. The number of halogens is 1. The number of aryl methyl sites for hydroxylation is 1. The van der Waals surface area contributed by atoms with Crippen molar-refractivity contribution in [2.75, 3.05) is 23.1 Å². The molecule has 2 heterocycles. The first-order valence-corrected chi connectivity index (χ1v) is 13.7. The topological polar surface area (TPSA) is 99.4 Å². The predicted molar refractivity (Wildman–Crippen MR) is 162 cm³/mol. The van der Waals surface area contributed by atoms with E-state index in [1.165, 1.54) is 6.08 Å². The van der Waals surface area contributed by atoms with E-state index in [9.17, 15) is 14.7 Å². The number of aromatic amines is 1. The van der Waals surface area contributed by atoms with Gasteiger partial charge in [-0.1, -0.05) is 24.3 Å². The van der Waals surface area contributed by atoms with Crippen LogP contribution >= 0.6 is 11.6 Å². The number of nitrogens with one attached hydrogen (secondary N) is 1. The monoisotopic (exact) mass is 549 g/mol. The number of phenols is 1. The van der Waals surface area contributed by atoms with Gasteiger partial charge in [-0.25, -0.2) is 0 Å². The lowest BCUT2D eigenvalue weighted by atomic mass is 9.92. The fourth-order valence-corrected chi connectivity index (χ4v) is 5.90. The number of H-pyrrole nitrogens is 1. The number of carbonyl (C=O) groups is 2. The highest BCUT2D eigenvalue weighted by Gasteiger charge is 2.34. The number of fused-ring (bicyclic) bond motifs is 4. The van der Waals surface area contributed by atoms with E-state index in [0.717, 1.165) is 44.1 Å². The Balaban J connectivity index is 1.24. The molecule has 6 rings (SSSR count). The van der Waals surface area contributed by atoms with Crippen molar-refractivity contribution in [2.45, 2.75) is 19.3 Å². The number of ketones is 1. The van der Waals surface area contributed by atoms with E-state index >= 15 is 0 Å². The van der Waals surface area contributed by atoms with Crippen LogP contribution in [0.25, 0.3) is 27.8 Å². The van der Waals surface area contributed by atoms with E-state index in [1.54, 1.807) is 41.3 Å². The van der Waals surface area contributed by atoms with Gasteiger partial charge in [0.2, 0.25) is 0 Å². The minimum absolute atomic E-state index is 0.0238. The number of Topliss-reactive ketones (excluding diaryl/α,β-unsaturated/α-hetero) is 1. The van der Waals surface area contributed by atoms with E-state index in [-0.39, 0.29) is 29.8 Å². The molecule has 0 saturated carbocycles. The number of aromatic hydroxyl groups is 1. The van der Waals surface area contributed by atoms with E-state index in [1.807, 2.05) is 49.4 Å². The summed E-state index contributed by atoms with van der Waals surface area (Å²) < 4.78 is 0. The van der Waals surface area contributed by atoms with Crippen LogP contribution in [0.3, 0.4) is 0 Å². The summed E-state index contributed by atoms with van der Waals surface area (Å²) in [5, 5.41) is 13.4. The Morgan fingerprint density at radius 1 is 1.10 bits per heavy atom. The third-order valence-electron chi connectivity index (χ3n) is 7.63. The molecule has 0 radical (unpaired) electrons. The largest absolute Gasteiger partial charge is 0.507 e. The molecule has 1 aliphatic heterocycles. The van der Waals surface area contributed by atoms with E-state index < -0.39 is 0 Å². The van der Waals surface area contributed by atoms with Crippen molar-refractivity contribution in [3.8, 4) is 5.75 Å². The Hall–Kier alpha value is -4.55. The number of aromatic nitrogens is 1. The van der Waals surface area contributed by atoms with E-state index in [0.29, 0.717) is 29.4 Å². The van der Waals surface area contributed by atoms with Gasteiger partial charge < -0.3 is 20.7 Å². The summed E-state index contributed by atoms with van der Waals surface area (Å²) in [6, 6.07) is 22.2. The second kappa shape index (κ2) is 10.2. The number of anilines is 2. The Bertz CT molecular complexity index is 1820. The second-order valence-electron chi connectivity index (χ2n) is 10.3. The van der Waals surface area contributed by atoms with Gasteiger partial charge in [-0.3, -0.25) is 9.59 Å². The minimum Gasteiger partial charge on any atom is -0.507 e. The average Bonchev–Trinajstić information content (AvgIpc) is 3.53. The van der Waals surface area contributed by atoms with Crippen LogP contribution in [0.2, 0.25) is 0 Å².